The van der Waals surface area contributed by atoms with E-state index in [0.29, 0.717) is 51.6 Å². The van der Waals surface area contributed by atoms with Gasteiger partial charge in [-0.05, 0) is 81.6 Å². The molecule has 10 heteroatoms. The summed E-state index contributed by atoms with van der Waals surface area (Å²) in [5.74, 6) is -0.165. The summed E-state index contributed by atoms with van der Waals surface area (Å²) >= 11 is 0. The molecule has 42 heavy (non-hydrogen) atoms. The van der Waals surface area contributed by atoms with E-state index in [1.54, 1.807) is 13.2 Å². The molecule has 0 aromatic rings. The quantitative estimate of drug-likeness (QED) is 0.199. The summed E-state index contributed by atoms with van der Waals surface area (Å²) in [6.07, 6.45) is 7.86. The van der Waals surface area contributed by atoms with Crippen LogP contribution in [-0.2, 0) is 23.7 Å². The van der Waals surface area contributed by atoms with Crippen LogP contribution >= 0.6 is 0 Å². The second-order valence-electron chi connectivity index (χ2n) is 14.2. The van der Waals surface area contributed by atoms with Crippen molar-refractivity contribution in [2.24, 2.45) is 33.6 Å². The van der Waals surface area contributed by atoms with E-state index in [0.717, 1.165) is 24.8 Å². The van der Waals surface area contributed by atoms with E-state index in [9.17, 15) is 25.2 Å². The zero-order chi connectivity index (χ0) is 29.9. The third kappa shape index (κ3) is 4.63. The van der Waals surface area contributed by atoms with Crippen LogP contribution < -0.4 is 0 Å². The molecule has 0 bridgehead atoms. The van der Waals surface area contributed by atoms with Crippen molar-refractivity contribution in [3.63, 3.8) is 0 Å². The van der Waals surface area contributed by atoms with Gasteiger partial charge >= 0.3 is 5.97 Å². The molecule has 0 radical (unpaired) electrons. The number of cyclic esters (lactones) is 1. The normalized spacial score (nSPS) is 50.6. The number of carbonyl (C=O) groups is 1. The van der Waals surface area contributed by atoms with Gasteiger partial charge in [0.1, 0.15) is 12.7 Å². The minimum atomic E-state index is -1.08. The van der Waals surface area contributed by atoms with Crippen molar-refractivity contribution in [1.29, 1.82) is 0 Å². The van der Waals surface area contributed by atoms with Crippen molar-refractivity contribution in [1.82, 2.24) is 0 Å². The van der Waals surface area contributed by atoms with Crippen LogP contribution in [0.2, 0.25) is 0 Å². The van der Waals surface area contributed by atoms with Crippen molar-refractivity contribution in [2.45, 2.75) is 120 Å². The van der Waals surface area contributed by atoms with Gasteiger partial charge in [-0.2, -0.15) is 0 Å². The topological polar surface area (TPSA) is 147 Å². The largest absolute Gasteiger partial charge is 0.458 e. The van der Waals surface area contributed by atoms with Crippen molar-refractivity contribution in [3.05, 3.63) is 11.6 Å². The maximum atomic E-state index is 12.6. The van der Waals surface area contributed by atoms with Crippen LogP contribution in [0.5, 0.6) is 0 Å². The summed E-state index contributed by atoms with van der Waals surface area (Å²) in [5.41, 5.74) is -2.00. The number of hydrogen-bond acceptors (Lipinski definition) is 10. The van der Waals surface area contributed by atoms with Gasteiger partial charge in [0.15, 0.2) is 6.29 Å². The van der Waals surface area contributed by atoms with Gasteiger partial charge in [0.05, 0.1) is 42.7 Å². The average molecular weight is 592 g/mol. The van der Waals surface area contributed by atoms with Crippen LogP contribution in [0.3, 0.4) is 0 Å². The Labute approximate surface area is 248 Å². The van der Waals surface area contributed by atoms with Gasteiger partial charge in [-0.1, -0.05) is 6.92 Å². The Morgan fingerprint density at radius 3 is 2.62 bits per heavy atom. The SMILES string of the molecule is CO[C@H]1C[C@H](O[C@@H]2CC[C@]3(C=NCCO)[C@H]4CC[C@]5(C)[C@H](C6=CC(=O)OC6)CC[C@]5(O)[C@H]4CC[C@]3(O)C2)O[C@H](C)[C@H]1O. The monoisotopic (exact) mass is 591 g/mol. The predicted octanol–water partition coefficient (Wildman–Crippen LogP) is 2.30. The number of rotatable bonds is 7. The number of aliphatic imine (C=N–C) groups is 1. The number of aliphatic hydroxyl groups excluding tert-OH is 2. The van der Waals surface area contributed by atoms with Crippen molar-refractivity contribution < 1.29 is 44.2 Å². The third-order valence-electron chi connectivity index (χ3n) is 12.5. The van der Waals surface area contributed by atoms with Gasteiger partial charge in [-0.25, -0.2) is 4.79 Å². The molecule has 0 amide bonds. The van der Waals surface area contributed by atoms with Crippen LogP contribution in [-0.4, -0.2) is 101 Å². The number of methoxy groups -OCH3 is 1. The van der Waals surface area contributed by atoms with Gasteiger partial charge in [-0.3, -0.25) is 4.99 Å². The van der Waals surface area contributed by atoms with Crippen LogP contribution in [0.4, 0.5) is 0 Å². The maximum absolute atomic E-state index is 12.6. The fourth-order valence-corrected chi connectivity index (χ4v) is 10.3. The van der Waals surface area contributed by atoms with Crippen molar-refractivity contribution in [2.75, 3.05) is 26.9 Å². The Balaban J connectivity index is 1.25. The molecule has 4 aliphatic carbocycles. The van der Waals surface area contributed by atoms with E-state index in [4.69, 9.17) is 18.9 Å². The van der Waals surface area contributed by atoms with Gasteiger partial charge in [0.2, 0.25) is 0 Å². The smallest absolute Gasteiger partial charge is 0.331 e. The van der Waals surface area contributed by atoms with E-state index >= 15 is 0 Å². The molecule has 5 fully saturated rings. The molecule has 2 heterocycles. The highest BCUT2D eigenvalue weighted by atomic mass is 16.7. The molecule has 2 aliphatic heterocycles. The van der Waals surface area contributed by atoms with Crippen molar-refractivity contribution in [3.8, 4) is 0 Å². The molecule has 12 atom stereocenters. The Bertz CT molecular complexity index is 1100. The lowest BCUT2D eigenvalue weighted by Crippen LogP contribution is -2.69. The number of ether oxygens (including phenoxy) is 4. The molecular weight excluding hydrogens is 542 g/mol. The van der Waals surface area contributed by atoms with E-state index in [1.165, 1.54) is 0 Å². The Morgan fingerprint density at radius 1 is 1.12 bits per heavy atom. The van der Waals surface area contributed by atoms with Gasteiger partial charge < -0.3 is 39.4 Å². The van der Waals surface area contributed by atoms with Crippen molar-refractivity contribution >= 4 is 12.2 Å². The summed E-state index contributed by atoms with van der Waals surface area (Å²) in [6.45, 7) is 4.53. The number of aliphatic hydroxyl groups is 4. The first-order valence-corrected chi connectivity index (χ1v) is 16.0. The molecule has 4 saturated carbocycles. The highest BCUT2D eigenvalue weighted by molar-refractivity contribution is 5.85. The number of fused-ring (bicyclic) bond motifs is 5. The molecule has 236 valence electrons. The molecule has 0 spiro atoms. The predicted molar refractivity (Wildman–Crippen MR) is 153 cm³/mol. The minimum absolute atomic E-state index is 0.00957. The van der Waals surface area contributed by atoms with E-state index in [1.807, 2.05) is 13.1 Å². The molecule has 6 rings (SSSR count). The summed E-state index contributed by atoms with van der Waals surface area (Å²) in [7, 11) is 1.58. The second-order valence-corrected chi connectivity index (χ2v) is 14.2. The Morgan fingerprint density at radius 2 is 1.90 bits per heavy atom. The first kappa shape index (κ1) is 30.6. The maximum Gasteiger partial charge on any atom is 0.331 e. The number of esters is 1. The first-order valence-electron chi connectivity index (χ1n) is 16.0. The zero-order valence-corrected chi connectivity index (χ0v) is 25.2. The molecule has 0 aromatic carbocycles. The third-order valence-corrected chi connectivity index (χ3v) is 12.5. The van der Waals surface area contributed by atoms with E-state index in [2.05, 4.69) is 11.9 Å². The lowest BCUT2D eigenvalue weighted by atomic mass is 9.41. The van der Waals surface area contributed by atoms with Gasteiger partial charge in [0.25, 0.3) is 0 Å². The lowest BCUT2D eigenvalue weighted by molar-refractivity contribution is -0.284. The van der Waals surface area contributed by atoms with Crippen LogP contribution in [0, 0.1) is 28.6 Å². The molecule has 6 aliphatic rings. The molecule has 0 aromatic heterocycles. The summed E-state index contributed by atoms with van der Waals surface area (Å²) in [4.78, 5) is 16.5. The highest BCUT2D eigenvalue weighted by Gasteiger charge is 2.71. The lowest BCUT2D eigenvalue weighted by Gasteiger charge is -2.66. The van der Waals surface area contributed by atoms with Crippen LogP contribution in [0.15, 0.2) is 16.6 Å². The minimum Gasteiger partial charge on any atom is -0.458 e. The summed E-state index contributed by atoms with van der Waals surface area (Å²) in [5, 5.41) is 45.0. The highest BCUT2D eigenvalue weighted by Crippen LogP contribution is 2.70. The fourth-order valence-electron chi connectivity index (χ4n) is 10.3. The standard InChI is InChI=1S/C32H49NO9/c1-19-28(36)25(39-3)15-27(41-19)42-21-4-9-30(18-33-12-13-34)23-5-8-29(2)22(20-14-26(35)40-17-20)7-11-32(29,38)24(23)6-10-31(30,37)16-21/h14,18-19,21-25,27-28,34,36-38H,4-13,15-17H2,1-3H3/t19-,21-,22+,23+,24+,25+,27+,28-,29-,30+,31+,32+/m1/s1. The average Bonchev–Trinajstić information content (AvgIpc) is 3.50. The molecule has 4 N–H and O–H groups in total. The number of carbonyl (C=O) groups excluding carboxylic acids is 1. The van der Waals surface area contributed by atoms with Gasteiger partial charge in [0, 0.05) is 43.1 Å². The Kier molecular flexibility index (Phi) is 8.16. The summed E-state index contributed by atoms with van der Waals surface area (Å²) in [6, 6.07) is 0. The zero-order valence-electron chi connectivity index (χ0n) is 25.2. The van der Waals surface area contributed by atoms with Gasteiger partial charge in [-0.15, -0.1) is 0 Å². The number of nitrogens with zero attached hydrogens (tertiary/aromatic N) is 1. The van der Waals surface area contributed by atoms with E-state index < -0.39 is 35.1 Å². The Hall–Kier alpha value is -1.40. The van der Waals surface area contributed by atoms with E-state index in [-0.39, 0.29) is 54.5 Å². The molecule has 1 saturated heterocycles. The second kappa shape index (κ2) is 11.2. The first-order chi connectivity index (χ1) is 20.0. The summed E-state index contributed by atoms with van der Waals surface area (Å²) < 4.78 is 23.1. The molecule has 10 nitrogen and oxygen atoms in total. The number of hydrogen-bond donors (Lipinski definition) is 4. The van der Waals surface area contributed by atoms with Crippen LogP contribution in [0.25, 0.3) is 0 Å². The van der Waals surface area contributed by atoms with Crippen LogP contribution in [0.1, 0.15) is 78.1 Å². The molecule has 0 unspecified atom stereocenters. The molecular formula is C32H49NO9. The fraction of sp³-hybridized carbons (Fsp3) is 0.875.